The molecule has 3 nitrogen and oxygen atoms in total. The fourth-order valence-corrected chi connectivity index (χ4v) is 1.16. The number of carbonyl (C=O) groups excluding carboxylic acids is 1. The van der Waals surface area contributed by atoms with Crippen LogP contribution in [0.1, 0.15) is 5.56 Å². The van der Waals surface area contributed by atoms with Gasteiger partial charge in [-0.15, -0.1) is 6.42 Å². The summed E-state index contributed by atoms with van der Waals surface area (Å²) in [5, 5.41) is 5.63. The third kappa shape index (κ3) is 3.84. The van der Waals surface area contributed by atoms with Gasteiger partial charge >= 0.3 is 0 Å². The molecule has 1 aromatic carbocycles. The van der Waals surface area contributed by atoms with Crippen LogP contribution in [0.2, 0.25) is 0 Å². The van der Waals surface area contributed by atoms with Gasteiger partial charge in [-0.2, -0.15) is 0 Å². The van der Waals surface area contributed by atoms with Crippen LogP contribution in [0.25, 0.3) is 0 Å². The first-order valence-electron chi connectivity index (χ1n) is 4.73. The normalized spacial score (nSPS) is 9.33. The molecule has 0 aliphatic heterocycles. The van der Waals surface area contributed by atoms with Crippen molar-refractivity contribution in [2.24, 2.45) is 0 Å². The molecule has 1 rings (SSSR count). The second-order valence-electron chi connectivity index (χ2n) is 3.17. The molecule has 2 N–H and O–H groups in total. The van der Waals surface area contributed by atoms with Gasteiger partial charge in [0, 0.05) is 5.69 Å². The minimum atomic E-state index is -0.0837. The first-order valence-corrected chi connectivity index (χ1v) is 4.73. The Morgan fingerprint density at radius 1 is 1.47 bits per heavy atom. The monoisotopic (exact) mass is 202 g/mol. The van der Waals surface area contributed by atoms with Crippen molar-refractivity contribution in [1.82, 2.24) is 5.32 Å². The van der Waals surface area contributed by atoms with Gasteiger partial charge in [-0.05, 0) is 18.6 Å². The zero-order valence-electron chi connectivity index (χ0n) is 8.71. The number of amides is 1. The van der Waals surface area contributed by atoms with Crippen molar-refractivity contribution < 1.29 is 4.79 Å². The summed E-state index contributed by atoms with van der Waals surface area (Å²) in [6, 6.07) is 7.64. The van der Waals surface area contributed by atoms with Crippen LogP contribution in [0, 0.1) is 19.3 Å². The number of rotatable bonds is 4. The lowest BCUT2D eigenvalue weighted by molar-refractivity contribution is -0.115. The van der Waals surface area contributed by atoms with Crippen LogP contribution in [-0.2, 0) is 4.79 Å². The van der Waals surface area contributed by atoms with Crippen LogP contribution in [0.4, 0.5) is 5.69 Å². The van der Waals surface area contributed by atoms with Crippen LogP contribution in [0.5, 0.6) is 0 Å². The van der Waals surface area contributed by atoms with Crippen LogP contribution in [0.3, 0.4) is 0 Å². The Balaban J connectivity index is 2.45. The second-order valence-corrected chi connectivity index (χ2v) is 3.17. The third-order valence-electron chi connectivity index (χ3n) is 1.93. The molecule has 0 unspecified atom stereocenters. The second kappa shape index (κ2) is 5.84. The lowest BCUT2D eigenvalue weighted by Gasteiger charge is -2.07. The van der Waals surface area contributed by atoms with Gasteiger partial charge < -0.3 is 5.32 Å². The number of aryl methyl sites for hydroxylation is 1. The summed E-state index contributed by atoms with van der Waals surface area (Å²) in [5.41, 5.74) is 1.88. The summed E-state index contributed by atoms with van der Waals surface area (Å²) < 4.78 is 0. The van der Waals surface area contributed by atoms with Gasteiger partial charge in [0.25, 0.3) is 0 Å². The van der Waals surface area contributed by atoms with E-state index in [1.165, 1.54) is 0 Å². The zero-order valence-corrected chi connectivity index (χ0v) is 8.71. The maximum atomic E-state index is 11.4. The Kier molecular flexibility index (Phi) is 4.39. The van der Waals surface area contributed by atoms with Crippen LogP contribution in [-0.4, -0.2) is 19.0 Å². The number of benzene rings is 1. The molecule has 0 bridgehead atoms. The van der Waals surface area contributed by atoms with Gasteiger partial charge in [-0.1, -0.05) is 24.1 Å². The summed E-state index contributed by atoms with van der Waals surface area (Å²) in [6.07, 6.45) is 5.05. The van der Waals surface area contributed by atoms with Gasteiger partial charge in [0.1, 0.15) is 0 Å². The van der Waals surface area contributed by atoms with E-state index in [2.05, 4.69) is 16.6 Å². The Morgan fingerprint density at radius 3 is 2.87 bits per heavy atom. The number of carbonyl (C=O) groups is 1. The van der Waals surface area contributed by atoms with Gasteiger partial charge in [-0.25, -0.2) is 0 Å². The van der Waals surface area contributed by atoms with Crippen molar-refractivity contribution in [1.29, 1.82) is 0 Å². The zero-order chi connectivity index (χ0) is 11.1. The van der Waals surface area contributed by atoms with E-state index in [0.29, 0.717) is 6.54 Å². The number of hydrogen-bond donors (Lipinski definition) is 2. The number of para-hydroxylation sites is 1. The van der Waals surface area contributed by atoms with Crippen molar-refractivity contribution in [2.45, 2.75) is 6.92 Å². The smallest absolute Gasteiger partial charge is 0.238 e. The maximum absolute atomic E-state index is 11.4. The molecule has 0 aliphatic carbocycles. The van der Waals surface area contributed by atoms with Gasteiger partial charge in [0.15, 0.2) is 0 Å². The summed E-state index contributed by atoms with van der Waals surface area (Å²) in [5.74, 6) is 2.32. The molecule has 0 radical (unpaired) electrons. The Labute approximate surface area is 89.9 Å². The van der Waals surface area contributed by atoms with E-state index in [1.54, 1.807) is 0 Å². The predicted octanol–water partition coefficient (Wildman–Crippen LogP) is 1.16. The minimum absolute atomic E-state index is 0.0837. The van der Waals surface area contributed by atoms with Gasteiger partial charge in [-0.3, -0.25) is 10.1 Å². The fourth-order valence-electron chi connectivity index (χ4n) is 1.16. The highest BCUT2D eigenvalue weighted by molar-refractivity contribution is 5.92. The molecule has 0 heterocycles. The Bertz CT molecular complexity index is 379. The van der Waals surface area contributed by atoms with E-state index in [1.807, 2.05) is 31.2 Å². The number of terminal acetylenes is 1. The average Bonchev–Trinajstić information content (AvgIpc) is 2.22. The molecule has 1 amide bonds. The fraction of sp³-hybridized carbons (Fsp3) is 0.250. The average molecular weight is 202 g/mol. The molecule has 0 atom stereocenters. The van der Waals surface area contributed by atoms with Crippen LogP contribution < -0.4 is 10.6 Å². The molecule has 1 aromatic rings. The molecular weight excluding hydrogens is 188 g/mol. The number of hydrogen-bond acceptors (Lipinski definition) is 2. The topological polar surface area (TPSA) is 41.1 Å². The lowest BCUT2D eigenvalue weighted by atomic mass is 10.2. The quantitative estimate of drug-likeness (QED) is 0.568. The molecule has 0 saturated carbocycles. The first kappa shape index (κ1) is 11.3. The Hall–Kier alpha value is -1.79. The van der Waals surface area contributed by atoms with Gasteiger partial charge in [0.05, 0.1) is 13.1 Å². The van der Waals surface area contributed by atoms with E-state index < -0.39 is 0 Å². The lowest BCUT2D eigenvalue weighted by Crippen LogP contribution is -2.28. The summed E-state index contributed by atoms with van der Waals surface area (Å²) in [6.45, 7) is 2.59. The van der Waals surface area contributed by atoms with Crippen molar-refractivity contribution >= 4 is 11.6 Å². The molecule has 0 aliphatic rings. The largest absolute Gasteiger partial charge is 0.325 e. The van der Waals surface area contributed by atoms with Crippen LogP contribution in [0.15, 0.2) is 24.3 Å². The SMILES string of the molecule is C#CCNCC(=O)Nc1ccccc1C. The van der Waals surface area contributed by atoms with Crippen molar-refractivity contribution in [3.05, 3.63) is 29.8 Å². The first-order chi connectivity index (χ1) is 7.24. The minimum Gasteiger partial charge on any atom is -0.325 e. The number of anilines is 1. The summed E-state index contributed by atoms with van der Waals surface area (Å²) >= 11 is 0. The van der Waals surface area contributed by atoms with Crippen molar-refractivity contribution in [3.8, 4) is 12.3 Å². The highest BCUT2D eigenvalue weighted by Crippen LogP contribution is 2.12. The van der Waals surface area contributed by atoms with E-state index in [4.69, 9.17) is 6.42 Å². The highest BCUT2D eigenvalue weighted by atomic mass is 16.1. The van der Waals surface area contributed by atoms with E-state index >= 15 is 0 Å². The molecule has 0 fully saturated rings. The number of nitrogens with one attached hydrogen (secondary N) is 2. The standard InChI is InChI=1S/C12H14N2O/c1-3-8-13-9-12(15)14-11-7-5-4-6-10(11)2/h1,4-7,13H,8-9H2,2H3,(H,14,15). The molecule has 0 saturated heterocycles. The van der Waals surface area contributed by atoms with Crippen molar-refractivity contribution in [2.75, 3.05) is 18.4 Å². The molecule has 3 heteroatoms. The van der Waals surface area contributed by atoms with Crippen LogP contribution >= 0.6 is 0 Å². The Morgan fingerprint density at radius 2 is 2.20 bits per heavy atom. The summed E-state index contributed by atoms with van der Waals surface area (Å²) in [4.78, 5) is 11.4. The molecule has 78 valence electrons. The maximum Gasteiger partial charge on any atom is 0.238 e. The molecular formula is C12H14N2O. The van der Waals surface area contributed by atoms with E-state index in [9.17, 15) is 4.79 Å². The van der Waals surface area contributed by atoms with E-state index in [-0.39, 0.29) is 12.5 Å². The van der Waals surface area contributed by atoms with Crippen molar-refractivity contribution in [3.63, 3.8) is 0 Å². The molecule has 15 heavy (non-hydrogen) atoms. The predicted molar refractivity (Wildman–Crippen MR) is 61.5 cm³/mol. The highest BCUT2D eigenvalue weighted by Gasteiger charge is 2.02. The third-order valence-corrected chi connectivity index (χ3v) is 1.93. The molecule has 0 aromatic heterocycles. The van der Waals surface area contributed by atoms with Gasteiger partial charge in [0.2, 0.25) is 5.91 Å². The summed E-state index contributed by atoms with van der Waals surface area (Å²) in [7, 11) is 0. The molecule has 0 spiro atoms. The van der Waals surface area contributed by atoms with E-state index in [0.717, 1.165) is 11.3 Å².